The van der Waals surface area contributed by atoms with Gasteiger partial charge in [-0.15, -0.1) is 0 Å². The van der Waals surface area contributed by atoms with Gasteiger partial charge in [-0.05, 0) is 20.3 Å². The van der Waals surface area contributed by atoms with Gasteiger partial charge >= 0.3 is 0 Å². The van der Waals surface area contributed by atoms with Crippen molar-refractivity contribution in [3.8, 4) is 0 Å². The van der Waals surface area contributed by atoms with Crippen LogP contribution in [0.25, 0.3) is 0 Å². The second kappa shape index (κ2) is 21.9. The predicted molar refractivity (Wildman–Crippen MR) is 108 cm³/mol. The van der Waals surface area contributed by atoms with Crippen LogP contribution in [-0.4, -0.2) is 39.1 Å². The highest BCUT2D eigenvalue weighted by atomic mass is 16.5. The summed E-state index contributed by atoms with van der Waals surface area (Å²) in [5.74, 6) is 0. The van der Waals surface area contributed by atoms with E-state index in [-0.39, 0.29) is 6.10 Å². The Hall–Kier alpha value is -0.120. The zero-order valence-corrected chi connectivity index (χ0v) is 17.5. The Morgan fingerprint density at radius 2 is 0.880 bits per heavy atom. The van der Waals surface area contributed by atoms with Gasteiger partial charge in [0.25, 0.3) is 0 Å². The fraction of sp³-hybridized carbons (Fsp3) is 1.00. The summed E-state index contributed by atoms with van der Waals surface area (Å²) in [4.78, 5) is 0. The normalized spacial score (nSPS) is 11.5. The number of hydrogen-bond donors (Lipinski definition) is 0. The van der Waals surface area contributed by atoms with Gasteiger partial charge in [0, 0.05) is 6.61 Å². The number of unbranched alkanes of at least 4 members (excludes halogenated alkanes) is 12. The quantitative estimate of drug-likeness (QED) is 0.218. The SMILES string of the molecule is CCCCCCCCCCCCCCCOCCOCCOC(C)C. The molecule has 0 heterocycles. The van der Waals surface area contributed by atoms with Gasteiger partial charge in [0.05, 0.1) is 32.5 Å². The first kappa shape index (κ1) is 24.9. The summed E-state index contributed by atoms with van der Waals surface area (Å²) < 4.78 is 16.5. The summed E-state index contributed by atoms with van der Waals surface area (Å²) in [5, 5.41) is 0. The Balaban J connectivity index is 2.96. The molecule has 3 heteroatoms. The molecule has 0 aromatic rings. The van der Waals surface area contributed by atoms with Crippen molar-refractivity contribution in [2.24, 2.45) is 0 Å². The molecule has 0 amide bonds. The van der Waals surface area contributed by atoms with E-state index in [1.807, 2.05) is 13.8 Å². The van der Waals surface area contributed by atoms with Crippen LogP contribution in [-0.2, 0) is 14.2 Å². The van der Waals surface area contributed by atoms with E-state index in [4.69, 9.17) is 14.2 Å². The van der Waals surface area contributed by atoms with Crippen molar-refractivity contribution in [3.63, 3.8) is 0 Å². The topological polar surface area (TPSA) is 27.7 Å². The molecule has 0 saturated heterocycles. The van der Waals surface area contributed by atoms with Crippen molar-refractivity contribution in [3.05, 3.63) is 0 Å². The molecule has 0 radical (unpaired) electrons. The molecule has 0 aliphatic rings. The molecule has 0 aliphatic carbocycles. The van der Waals surface area contributed by atoms with Crippen LogP contribution in [0.4, 0.5) is 0 Å². The van der Waals surface area contributed by atoms with Gasteiger partial charge in [-0.1, -0.05) is 84.0 Å². The Morgan fingerprint density at radius 1 is 0.480 bits per heavy atom. The average Bonchev–Trinajstić information content (AvgIpc) is 2.60. The molecule has 0 aliphatic heterocycles. The lowest BCUT2D eigenvalue weighted by Crippen LogP contribution is -2.12. The molecule has 0 aromatic heterocycles. The van der Waals surface area contributed by atoms with E-state index in [1.54, 1.807) is 0 Å². The molecule has 0 spiro atoms. The standard InChI is InChI=1S/C22H46O3/c1-4-5-6-7-8-9-10-11-12-13-14-15-16-17-23-18-19-24-20-21-25-22(2)3/h22H,4-21H2,1-3H3. The van der Waals surface area contributed by atoms with Crippen molar-refractivity contribution in [2.75, 3.05) is 33.0 Å². The smallest absolute Gasteiger partial charge is 0.0703 e. The van der Waals surface area contributed by atoms with E-state index >= 15 is 0 Å². The first-order chi connectivity index (χ1) is 12.3. The fourth-order valence-corrected chi connectivity index (χ4v) is 2.89. The molecule has 0 saturated carbocycles. The highest BCUT2D eigenvalue weighted by Crippen LogP contribution is 2.12. The molecule has 0 rings (SSSR count). The molecule has 0 aromatic carbocycles. The molecule has 0 atom stereocenters. The van der Waals surface area contributed by atoms with Crippen LogP contribution in [0.15, 0.2) is 0 Å². The van der Waals surface area contributed by atoms with Crippen molar-refractivity contribution < 1.29 is 14.2 Å². The maximum Gasteiger partial charge on any atom is 0.0703 e. The van der Waals surface area contributed by atoms with Gasteiger partial charge in [-0.25, -0.2) is 0 Å². The second-order valence-electron chi connectivity index (χ2n) is 7.39. The Morgan fingerprint density at radius 3 is 1.36 bits per heavy atom. The Bertz CT molecular complexity index is 231. The van der Waals surface area contributed by atoms with E-state index in [9.17, 15) is 0 Å². The van der Waals surface area contributed by atoms with Crippen LogP contribution in [0.3, 0.4) is 0 Å². The average molecular weight is 359 g/mol. The number of ether oxygens (including phenoxy) is 3. The minimum Gasteiger partial charge on any atom is -0.379 e. The van der Waals surface area contributed by atoms with Gasteiger partial charge in [-0.2, -0.15) is 0 Å². The van der Waals surface area contributed by atoms with Crippen LogP contribution in [0.2, 0.25) is 0 Å². The van der Waals surface area contributed by atoms with Gasteiger partial charge in [-0.3, -0.25) is 0 Å². The molecule has 152 valence electrons. The third kappa shape index (κ3) is 23.9. The zero-order chi connectivity index (χ0) is 18.4. The van der Waals surface area contributed by atoms with E-state index < -0.39 is 0 Å². The first-order valence-electron chi connectivity index (χ1n) is 11.0. The maximum atomic E-state index is 5.60. The van der Waals surface area contributed by atoms with Crippen LogP contribution < -0.4 is 0 Å². The summed E-state index contributed by atoms with van der Waals surface area (Å²) in [7, 11) is 0. The van der Waals surface area contributed by atoms with Crippen LogP contribution in [0, 0.1) is 0 Å². The molecule has 0 bridgehead atoms. The number of rotatable bonds is 21. The highest BCUT2D eigenvalue weighted by molar-refractivity contribution is 4.49. The lowest BCUT2D eigenvalue weighted by atomic mass is 10.0. The molecular formula is C22H46O3. The summed E-state index contributed by atoms with van der Waals surface area (Å²) in [6.07, 6.45) is 18.4. The summed E-state index contributed by atoms with van der Waals surface area (Å²) in [6, 6.07) is 0. The lowest BCUT2D eigenvalue weighted by molar-refractivity contribution is -0.00185. The minimum atomic E-state index is 0.287. The molecule has 0 N–H and O–H groups in total. The van der Waals surface area contributed by atoms with Gasteiger partial charge < -0.3 is 14.2 Å². The largest absolute Gasteiger partial charge is 0.379 e. The third-order valence-corrected chi connectivity index (χ3v) is 4.44. The van der Waals surface area contributed by atoms with Crippen molar-refractivity contribution in [1.82, 2.24) is 0 Å². The van der Waals surface area contributed by atoms with E-state index in [0.717, 1.165) is 6.61 Å². The summed E-state index contributed by atoms with van der Waals surface area (Å²) in [5.41, 5.74) is 0. The van der Waals surface area contributed by atoms with Crippen LogP contribution in [0.5, 0.6) is 0 Å². The van der Waals surface area contributed by atoms with E-state index in [1.165, 1.54) is 83.5 Å². The summed E-state index contributed by atoms with van der Waals surface area (Å²) >= 11 is 0. The molecule has 3 nitrogen and oxygen atoms in total. The van der Waals surface area contributed by atoms with Crippen LogP contribution >= 0.6 is 0 Å². The van der Waals surface area contributed by atoms with Gasteiger partial charge in [0.2, 0.25) is 0 Å². The summed E-state index contributed by atoms with van der Waals surface area (Å²) in [6.45, 7) is 9.98. The van der Waals surface area contributed by atoms with Crippen LogP contribution in [0.1, 0.15) is 104 Å². The highest BCUT2D eigenvalue weighted by Gasteiger charge is 1.95. The second-order valence-corrected chi connectivity index (χ2v) is 7.39. The van der Waals surface area contributed by atoms with Gasteiger partial charge in [0.15, 0.2) is 0 Å². The maximum absolute atomic E-state index is 5.60. The van der Waals surface area contributed by atoms with Crippen molar-refractivity contribution in [2.45, 2.75) is 110 Å². The van der Waals surface area contributed by atoms with Gasteiger partial charge in [0.1, 0.15) is 0 Å². The van der Waals surface area contributed by atoms with E-state index in [2.05, 4.69) is 6.92 Å². The lowest BCUT2D eigenvalue weighted by Gasteiger charge is -2.08. The monoisotopic (exact) mass is 358 g/mol. The first-order valence-corrected chi connectivity index (χ1v) is 11.0. The van der Waals surface area contributed by atoms with Crippen molar-refractivity contribution >= 4 is 0 Å². The molecule has 0 fully saturated rings. The predicted octanol–water partition coefficient (Wildman–Crippen LogP) is 6.54. The zero-order valence-electron chi connectivity index (χ0n) is 17.5. The molecule has 25 heavy (non-hydrogen) atoms. The Labute approximate surface area is 158 Å². The molecule has 0 unspecified atom stereocenters. The molecular weight excluding hydrogens is 312 g/mol. The minimum absolute atomic E-state index is 0.287. The third-order valence-electron chi connectivity index (χ3n) is 4.44. The van der Waals surface area contributed by atoms with Crippen molar-refractivity contribution in [1.29, 1.82) is 0 Å². The van der Waals surface area contributed by atoms with E-state index in [0.29, 0.717) is 26.4 Å². The Kier molecular flexibility index (Phi) is 21.8. The number of hydrogen-bond acceptors (Lipinski definition) is 3. The fourth-order valence-electron chi connectivity index (χ4n) is 2.89.